The van der Waals surface area contributed by atoms with Crippen LogP contribution < -0.4 is 25.8 Å². The highest BCUT2D eigenvalue weighted by Gasteiger charge is 2.32. The lowest BCUT2D eigenvalue weighted by molar-refractivity contribution is -0.152. The smallest absolute Gasteiger partial charge is 0.407 e. The summed E-state index contributed by atoms with van der Waals surface area (Å²) in [6, 6.07) is 32.5. The number of ketones is 2. The van der Waals surface area contributed by atoms with Crippen molar-refractivity contribution < 1.29 is 42.9 Å². The fraction of sp³-hybridized carbons (Fsp3) is 0.484. The van der Waals surface area contributed by atoms with Crippen LogP contribution in [0.15, 0.2) is 108 Å². The number of amides is 2. The van der Waals surface area contributed by atoms with E-state index in [4.69, 9.17) is 24.7 Å². The van der Waals surface area contributed by atoms with Crippen molar-refractivity contribution in [2.24, 2.45) is 34.4 Å². The number of ether oxygens (including phenoxy) is 4. The number of unbranched alkanes of at least 4 members (excludes halogenated alkanes) is 1. The number of nitrogens with one attached hydrogen (secondary N) is 2. The van der Waals surface area contributed by atoms with Gasteiger partial charge < -0.3 is 35.3 Å². The zero-order valence-electron chi connectivity index (χ0n) is 46.5. The zero-order valence-corrected chi connectivity index (χ0v) is 47.3. The number of benzene rings is 5. The number of hydrogen-bond donors (Lipinski definition) is 3. The van der Waals surface area contributed by atoms with Crippen LogP contribution in [-0.4, -0.2) is 92.8 Å². The molecule has 5 aromatic carbocycles. The Morgan fingerprint density at radius 3 is 1.91 bits per heavy atom. The van der Waals surface area contributed by atoms with Gasteiger partial charge in [0.1, 0.15) is 30.3 Å². The Kier molecular flexibility index (Phi) is 24.2. The molecule has 0 aromatic heterocycles. The molecule has 76 heavy (non-hydrogen) atoms. The molecule has 0 radical (unpaired) electrons. The van der Waals surface area contributed by atoms with Crippen molar-refractivity contribution in [3.05, 3.63) is 109 Å². The van der Waals surface area contributed by atoms with Gasteiger partial charge >= 0.3 is 12.1 Å². The lowest BCUT2D eigenvalue weighted by Gasteiger charge is -2.24. The van der Waals surface area contributed by atoms with E-state index >= 15 is 0 Å². The van der Waals surface area contributed by atoms with Crippen LogP contribution in [0.2, 0.25) is 0 Å². The van der Waals surface area contributed by atoms with Crippen LogP contribution in [0.1, 0.15) is 112 Å². The van der Waals surface area contributed by atoms with Crippen LogP contribution in [0.4, 0.5) is 4.79 Å². The number of fused-ring (bicyclic) bond motifs is 2. The highest BCUT2D eigenvalue weighted by Crippen LogP contribution is 2.45. The second kappa shape index (κ2) is 30.4. The second-order valence-electron chi connectivity index (χ2n) is 21.9. The Balaban J connectivity index is 1.42. The number of amidine groups is 1. The van der Waals surface area contributed by atoms with E-state index in [0.717, 1.165) is 44.7 Å². The molecule has 0 aliphatic carbocycles. The quantitative estimate of drug-likeness (QED) is 0.0127. The first-order valence-electron chi connectivity index (χ1n) is 27.0. The predicted octanol–water partition coefficient (Wildman–Crippen LogP) is 12.5. The Labute approximate surface area is 452 Å². The molecule has 0 fully saturated rings. The average molecular weight is 1060 g/mol. The van der Waals surface area contributed by atoms with E-state index in [1.54, 1.807) is 20.8 Å². The Bertz CT molecular complexity index is 2720. The molecule has 4 N–H and O–H groups in total. The van der Waals surface area contributed by atoms with Gasteiger partial charge in [0.15, 0.2) is 11.6 Å². The molecule has 3 atom stereocenters. The zero-order chi connectivity index (χ0) is 55.2. The van der Waals surface area contributed by atoms with Gasteiger partial charge in [-0.2, -0.15) is 0 Å². The summed E-state index contributed by atoms with van der Waals surface area (Å²) in [4.78, 5) is 74.2. The molecule has 0 aliphatic heterocycles. The summed E-state index contributed by atoms with van der Waals surface area (Å²) in [5, 5.41) is 9.74. The number of hydrogen-bond acceptors (Lipinski definition) is 10. The molecule has 0 unspecified atom stereocenters. The molecular weight excluding hydrogens is 976 g/mol. The summed E-state index contributed by atoms with van der Waals surface area (Å²) in [6.45, 7) is 18.8. The Morgan fingerprint density at radius 2 is 1.30 bits per heavy atom. The fourth-order valence-corrected chi connectivity index (χ4v) is 9.81. The van der Waals surface area contributed by atoms with Crippen molar-refractivity contribution in [1.29, 1.82) is 0 Å². The number of carbonyl (C=O) groups is 5. The van der Waals surface area contributed by atoms with E-state index in [1.807, 2.05) is 98.8 Å². The van der Waals surface area contributed by atoms with E-state index in [0.29, 0.717) is 74.8 Å². The summed E-state index contributed by atoms with van der Waals surface area (Å²) >= 11 is 0. The molecule has 410 valence electrons. The van der Waals surface area contributed by atoms with E-state index in [-0.39, 0.29) is 64.3 Å². The molecule has 0 saturated heterocycles. The van der Waals surface area contributed by atoms with E-state index in [2.05, 4.69) is 61.0 Å². The highest BCUT2D eigenvalue weighted by atomic mass is 31.1. The number of esters is 1. The van der Waals surface area contributed by atoms with Gasteiger partial charge in [-0.3, -0.25) is 24.2 Å². The molecule has 2 amide bonds. The molecular formula is C62H83N4O9P. The minimum atomic E-state index is -0.976. The van der Waals surface area contributed by atoms with Crippen molar-refractivity contribution in [3.8, 4) is 22.6 Å². The maximum Gasteiger partial charge on any atom is 0.407 e. The molecule has 0 aliphatic rings. The number of carbonyl (C=O) groups excluding carboxylic acids is 5. The third-order valence-electron chi connectivity index (χ3n) is 12.8. The van der Waals surface area contributed by atoms with Crippen LogP contribution in [0.25, 0.3) is 32.7 Å². The summed E-state index contributed by atoms with van der Waals surface area (Å²) in [6.07, 6.45) is 3.07. The number of nitrogens with zero attached hydrogens (tertiary/aromatic N) is 1. The third kappa shape index (κ3) is 20.3. The van der Waals surface area contributed by atoms with Crippen molar-refractivity contribution in [1.82, 2.24) is 10.6 Å². The number of Topliss-reactive ketones (excluding diaryl/α,β-unsaturated/α-hetero) is 2. The summed E-state index contributed by atoms with van der Waals surface area (Å²) in [5.74, 6) is -0.867. The summed E-state index contributed by atoms with van der Waals surface area (Å²) < 4.78 is 24.3. The van der Waals surface area contributed by atoms with Gasteiger partial charge in [-0.05, 0) is 124 Å². The largest absolute Gasteiger partial charge is 0.493 e. The number of alkyl carbamates (subject to hydrolysis) is 1. The van der Waals surface area contributed by atoms with Gasteiger partial charge in [0.25, 0.3) is 0 Å². The molecule has 0 bridgehead atoms. The maximum atomic E-state index is 14.7. The van der Waals surface area contributed by atoms with Gasteiger partial charge in [0, 0.05) is 49.1 Å². The van der Waals surface area contributed by atoms with E-state index < -0.39 is 41.4 Å². The van der Waals surface area contributed by atoms with Crippen molar-refractivity contribution >= 4 is 64.8 Å². The van der Waals surface area contributed by atoms with Crippen LogP contribution in [0, 0.1) is 23.7 Å². The second-order valence-corrected chi connectivity index (χ2v) is 24.4. The van der Waals surface area contributed by atoms with Gasteiger partial charge in [-0.1, -0.05) is 125 Å². The van der Waals surface area contributed by atoms with E-state index in [1.165, 1.54) is 0 Å². The van der Waals surface area contributed by atoms with Crippen molar-refractivity contribution in [3.63, 3.8) is 0 Å². The summed E-state index contributed by atoms with van der Waals surface area (Å²) in [7, 11) is -0.297. The first-order valence-corrected chi connectivity index (χ1v) is 29.4. The monoisotopic (exact) mass is 1060 g/mol. The van der Waals surface area contributed by atoms with Gasteiger partial charge in [0.05, 0.1) is 24.4 Å². The third-order valence-corrected chi connectivity index (χ3v) is 13.7. The van der Waals surface area contributed by atoms with E-state index in [9.17, 15) is 24.0 Å². The van der Waals surface area contributed by atoms with Crippen LogP contribution in [0.3, 0.4) is 0 Å². The van der Waals surface area contributed by atoms with Crippen LogP contribution in [-0.2, 0) is 35.3 Å². The lowest BCUT2D eigenvalue weighted by Crippen LogP contribution is -2.45. The van der Waals surface area contributed by atoms with Gasteiger partial charge in [-0.15, -0.1) is 7.92 Å². The number of aliphatic imine (C=N–C) groups is 1. The predicted molar refractivity (Wildman–Crippen MR) is 309 cm³/mol. The SMILES string of the molecule is CC(C)CCOc1ccc2ccccc2c1-c1c(OCC(=O)C[C@H](CCCCNC(=O)OC(C)(C)C)C(=O)N[C@H](CCCN=C(N)CP(C)C)C(=O)C[C@@H](CC(C)C)C(=O)OCc2ccccc2)ccc2ccccc12. The van der Waals surface area contributed by atoms with Gasteiger partial charge in [-0.25, -0.2) is 4.79 Å². The maximum absolute atomic E-state index is 14.7. The minimum Gasteiger partial charge on any atom is -0.493 e. The summed E-state index contributed by atoms with van der Waals surface area (Å²) in [5.41, 5.74) is 8.05. The standard InChI is InChI=1S/C62H83N4O9P/c1-42(2)32-35-72-54-30-28-45-22-13-15-25-50(45)57(54)58-51-26-16-14-23-46(51)29-31-55(58)73-40-49(67)37-47(24-17-18-33-65-61(71)75-62(5,6)7)59(69)66-52(27-19-34-64-56(63)41-76(8)9)53(68)38-48(36-43(3)4)60(70)74-39-44-20-11-10-12-21-44/h10-16,20-23,25-26,28-31,42-43,47-48,52H,17-19,24,27,32-41H2,1-9H3,(H2,63,64)(H,65,71)(H,66,69)/t47-,48+,52+/m0/s1. The molecule has 0 spiro atoms. The van der Waals surface area contributed by atoms with Crippen molar-refractivity contribution in [2.45, 2.75) is 125 Å². The Hall–Kier alpha value is -6.33. The van der Waals surface area contributed by atoms with Gasteiger partial charge in [0.2, 0.25) is 5.91 Å². The lowest BCUT2D eigenvalue weighted by atomic mass is 9.89. The minimum absolute atomic E-state index is 0.0751. The molecule has 5 rings (SSSR count). The first kappa shape index (κ1) is 60.5. The molecule has 5 aromatic rings. The van der Waals surface area contributed by atoms with Crippen molar-refractivity contribution in [2.75, 3.05) is 45.8 Å². The van der Waals surface area contributed by atoms with Crippen LogP contribution >= 0.6 is 7.92 Å². The normalized spacial score (nSPS) is 13.1. The molecule has 13 nitrogen and oxygen atoms in total. The fourth-order valence-electron chi connectivity index (χ4n) is 9.06. The topological polar surface area (TPSA) is 185 Å². The first-order chi connectivity index (χ1) is 36.3. The molecule has 0 heterocycles. The molecule has 0 saturated carbocycles. The van der Waals surface area contributed by atoms with Crippen LogP contribution in [0.5, 0.6) is 11.5 Å². The number of nitrogens with two attached hydrogens (primary N) is 1. The number of rotatable bonds is 31. The Morgan fingerprint density at radius 1 is 0.684 bits per heavy atom. The molecule has 14 heteroatoms. The highest BCUT2D eigenvalue weighted by molar-refractivity contribution is 7.57. The average Bonchev–Trinajstić information content (AvgIpc) is 3.36.